The summed E-state index contributed by atoms with van der Waals surface area (Å²) in [5.74, 6) is 1.21. The van der Waals surface area contributed by atoms with Crippen LogP contribution in [0.25, 0.3) is 0 Å². The van der Waals surface area contributed by atoms with Gasteiger partial charge in [-0.25, -0.2) is 4.98 Å². The number of hydrogen-bond donors (Lipinski definition) is 1. The molecule has 0 bridgehead atoms. The third kappa shape index (κ3) is 2.14. The SMILES string of the molecule is Cc1ccc(Oc2cccc(C)c2N)nc1. The van der Waals surface area contributed by atoms with Crippen LogP contribution >= 0.6 is 0 Å². The van der Waals surface area contributed by atoms with Crippen molar-refractivity contribution in [1.29, 1.82) is 0 Å². The highest BCUT2D eigenvalue weighted by Crippen LogP contribution is 2.28. The van der Waals surface area contributed by atoms with Crippen molar-refractivity contribution in [3.63, 3.8) is 0 Å². The number of benzene rings is 1. The molecule has 0 radical (unpaired) electrons. The smallest absolute Gasteiger partial charge is 0.219 e. The molecule has 0 aliphatic rings. The summed E-state index contributed by atoms with van der Waals surface area (Å²) >= 11 is 0. The quantitative estimate of drug-likeness (QED) is 0.781. The molecule has 3 heteroatoms. The van der Waals surface area contributed by atoms with Crippen LogP contribution in [0.3, 0.4) is 0 Å². The van der Waals surface area contributed by atoms with E-state index in [1.54, 1.807) is 6.20 Å². The van der Waals surface area contributed by atoms with Gasteiger partial charge >= 0.3 is 0 Å². The molecule has 1 heterocycles. The summed E-state index contributed by atoms with van der Waals surface area (Å²) in [6, 6.07) is 9.48. The first-order valence-electron chi connectivity index (χ1n) is 5.12. The van der Waals surface area contributed by atoms with Crippen molar-refractivity contribution in [2.75, 3.05) is 5.73 Å². The van der Waals surface area contributed by atoms with Crippen LogP contribution in [0.4, 0.5) is 5.69 Å². The molecule has 1 aromatic carbocycles. The number of rotatable bonds is 2. The van der Waals surface area contributed by atoms with Crippen LogP contribution in [0.5, 0.6) is 11.6 Å². The molecule has 0 spiro atoms. The average molecular weight is 214 g/mol. The molecule has 0 unspecified atom stereocenters. The van der Waals surface area contributed by atoms with Crippen molar-refractivity contribution in [1.82, 2.24) is 4.98 Å². The first-order chi connectivity index (χ1) is 7.66. The van der Waals surface area contributed by atoms with Crippen molar-refractivity contribution >= 4 is 5.69 Å². The summed E-state index contributed by atoms with van der Waals surface area (Å²) in [6.45, 7) is 3.93. The monoisotopic (exact) mass is 214 g/mol. The Bertz CT molecular complexity index is 492. The van der Waals surface area contributed by atoms with Gasteiger partial charge in [0, 0.05) is 12.3 Å². The molecular formula is C13H14N2O. The highest BCUT2D eigenvalue weighted by Gasteiger charge is 2.04. The number of para-hydroxylation sites is 1. The number of nitrogen functional groups attached to an aromatic ring is 1. The Labute approximate surface area is 94.9 Å². The van der Waals surface area contributed by atoms with E-state index in [9.17, 15) is 0 Å². The largest absolute Gasteiger partial charge is 0.437 e. The second kappa shape index (κ2) is 4.23. The van der Waals surface area contributed by atoms with Crippen molar-refractivity contribution in [2.45, 2.75) is 13.8 Å². The zero-order valence-corrected chi connectivity index (χ0v) is 9.40. The van der Waals surface area contributed by atoms with Crippen molar-refractivity contribution < 1.29 is 4.74 Å². The fourth-order valence-electron chi connectivity index (χ4n) is 1.37. The van der Waals surface area contributed by atoms with E-state index in [2.05, 4.69) is 4.98 Å². The molecule has 1 aromatic heterocycles. The van der Waals surface area contributed by atoms with Gasteiger partial charge in [-0.2, -0.15) is 0 Å². The molecule has 0 aliphatic carbocycles. The number of aromatic nitrogens is 1. The first-order valence-corrected chi connectivity index (χ1v) is 5.12. The van der Waals surface area contributed by atoms with E-state index in [4.69, 9.17) is 10.5 Å². The maximum absolute atomic E-state index is 5.91. The average Bonchev–Trinajstić information content (AvgIpc) is 2.28. The van der Waals surface area contributed by atoms with Gasteiger partial charge in [0.25, 0.3) is 0 Å². The summed E-state index contributed by atoms with van der Waals surface area (Å²) in [5, 5.41) is 0. The summed E-state index contributed by atoms with van der Waals surface area (Å²) in [6.07, 6.45) is 1.77. The minimum Gasteiger partial charge on any atom is -0.437 e. The summed E-state index contributed by atoms with van der Waals surface area (Å²) < 4.78 is 5.61. The summed E-state index contributed by atoms with van der Waals surface area (Å²) in [4.78, 5) is 4.17. The van der Waals surface area contributed by atoms with Gasteiger partial charge in [0.1, 0.15) is 0 Å². The third-order valence-corrected chi connectivity index (χ3v) is 2.38. The summed E-state index contributed by atoms with van der Waals surface area (Å²) in [7, 11) is 0. The molecule has 2 aromatic rings. The van der Waals surface area contributed by atoms with Crippen LogP contribution in [-0.4, -0.2) is 4.98 Å². The number of ether oxygens (including phenoxy) is 1. The van der Waals surface area contributed by atoms with E-state index < -0.39 is 0 Å². The maximum atomic E-state index is 5.91. The van der Waals surface area contributed by atoms with Crippen LogP contribution < -0.4 is 10.5 Å². The van der Waals surface area contributed by atoms with E-state index in [-0.39, 0.29) is 0 Å². The third-order valence-electron chi connectivity index (χ3n) is 2.38. The van der Waals surface area contributed by atoms with E-state index in [0.717, 1.165) is 11.1 Å². The zero-order valence-electron chi connectivity index (χ0n) is 9.40. The molecule has 3 nitrogen and oxygen atoms in total. The van der Waals surface area contributed by atoms with Crippen LogP contribution in [0, 0.1) is 13.8 Å². The lowest BCUT2D eigenvalue weighted by atomic mass is 10.2. The number of pyridine rings is 1. The van der Waals surface area contributed by atoms with E-state index in [1.807, 2.05) is 44.2 Å². The number of aryl methyl sites for hydroxylation is 2. The van der Waals surface area contributed by atoms with E-state index >= 15 is 0 Å². The Morgan fingerprint density at radius 1 is 1.12 bits per heavy atom. The lowest BCUT2D eigenvalue weighted by molar-refractivity contribution is 0.464. The second-order valence-electron chi connectivity index (χ2n) is 3.76. The Balaban J connectivity index is 2.27. The molecule has 0 saturated carbocycles. The van der Waals surface area contributed by atoms with Gasteiger partial charge in [0.2, 0.25) is 5.88 Å². The Morgan fingerprint density at radius 3 is 2.62 bits per heavy atom. The number of hydrogen-bond acceptors (Lipinski definition) is 3. The lowest BCUT2D eigenvalue weighted by Crippen LogP contribution is -1.95. The Kier molecular flexibility index (Phi) is 2.77. The molecule has 0 saturated heterocycles. The minimum atomic E-state index is 0.558. The number of nitrogens with zero attached hydrogens (tertiary/aromatic N) is 1. The Morgan fingerprint density at radius 2 is 1.94 bits per heavy atom. The number of anilines is 1. The fraction of sp³-hybridized carbons (Fsp3) is 0.154. The highest BCUT2D eigenvalue weighted by atomic mass is 16.5. The fourth-order valence-corrected chi connectivity index (χ4v) is 1.37. The van der Waals surface area contributed by atoms with Crippen molar-refractivity contribution in [3.8, 4) is 11.6 Å². The van der Waals surface area contributed by atoms with Gasteiger partial charge in [-0.1, -0.05) is 18.2 Å². The molecular weight excluding hydrogens is 200 g/mol. The molecule has 82 valence electrons. The van der Waals surface area contributed by atoms with Gasteiger partial charge in [-0.05, 0) is 31.0 Å². The molecule has 0 aliphatic heterocycles. The molecule has 16 heavy (non-hydrogen) atoms. The van der Waals surface area contributed by atoms with Gasteiger partial charge in [0.05, 0.1) is 5.69 Å². The van der Waals surface area contributed by atoms with Crippen LogP contribution in [0.2, 0.25) is 0 Å². The first kappa shape index (κ1) is 10.5. The molecule has 2 N–H and O–H groups in total. The maximum Gasteiger partial charge on any atom is 0.219 e. The molecule has 0 atom stereocenters. The predicted octanol–water partition coefficient (Wildman–Crippen LogP) is 3.07. The van der Waals surface area contributed by atoms with Gasteiger partial charge < -0.3 is 10.5 Å². The van der Waals surface area contributed by atoms with Crippen molar-refractivity contribution in [3.05, 3.63) is 47.7 Å². The van der Waals surface area contributed by atoms with Crippen LogP contribution in [0.1, 0.15) is 11.1 Å². The Hall–Kier alpha value is -2.03. The van der Waals surface area contributed by atoms with Crippen LogP contribution in [-0.2, 0) is 0 Å². The standard InChI is InChI=1S/C13H14N2O/c1-9-6-7-12(15-8-9)16-11-5-3-4-10(2)13(11)14/h3-8H,14H2,1-2H3. The lowest BCUT2D eigenvalue weighted by Gasteiger charge is -2.09. The predicted molar refractivity (Wildman–Crippen MR) is 64.6 cm³/mol. The topological polar surface area (TPSA) is 48.1 Å². The van der Waals surface area contributed by atoms with Crippen LogP contribution in [0.15, 0.2) is 36.5 Å². The van der Waals surface area contributed by atoms with Crippen molar-refractivity contribution in [2.24, 2.45) is 0 Å². The number of nitrogens with two attached hydrogens (primary N) is 1. The highest BCUT2D eigenvalue weighted by molar-refractivity contribution is 5.58. The molecule has 2 rings (SSSR count). The van der Waals surface area contributed by atoms with Gasteiger partial charge in [-0.3, -0.25) is 0 Å². The second-order valence-corrected chi connectivity index (χ2v) is 3.76. The normalized spacial score (nSPS) is 10.1. The summed E-state index contributed by atoms with van der Waals surface area (Å²) in [5.41, 5.74) is 8.67. The van der Waals surface area contributed by atoms with E-state index in [0.29, 0.717) is 17.3 Å². The minimum absolute atomic E-state index is 0.558. The van der Waals surface area contributed by atoms with Gasteiger partial charge in [0.15, 0.2) is 5.75 Å². The van der Waals surface area contributed by atoms with E-state index in [1.165, 1.54) is 0 Å². The molecule has 0 amide bonds. The molecule has 0 fully saturated rings. The zero-order chi connectivity index (χ0) is 11.5. The van der Waals surface area contributed by atoms with Gasteiger partial charge in [-0.15, -0.1) is 0 Å².